The van der Waals surface area contributed by atoms with Gasteiger partial charge in [0.1, 0.15) is 6.54 Å². The molecule has 0 bridgehead atoms. The second-order valence-corrected chi connectivity index (χ2v) is 2.82. The van der Waals surface area contributed by atoms with Crippen LogP contribution in [0.3, 0.4) is 0 Å². The van der Waals surface area contributed by atoms with Crippen molar-refractivity contribution in [3.63, 3.8) is 0 Å². The predicted molar refractivity (Wildman–Crippen MR) is 47.1 cm³/mol. The van der Waals surface area contributed by atoms with Gasteiger partial charge in [-0.1, -0.05) is 6.92 Å². The number of esters is 1. The van der Waals surface area contributed by atoms with E-state index in [0.717, 1.165) is 17.1 Å². The molecule has 0 fully saturated rings. The van der Waals surface area contributed by atoms with Crippen LogP contribution >= 0.6 is 0 Å². The predicted octanol–water partition coefficient (Wildman–Crippen LogP) is -0.135. The average molecular weight is 197 g/mol. The van der Waals surface area contributed by atoms with E-state index in [9.17, 15) is 14.4 Å². The van der Waals surface area contributed by atoms with E-state index in [0.29, 0.717) is 13.0 Å². The summed E-state index contributed by atoms with van der Waals surface area (Å²) in [6.45, 7) is 1.87. The molecular weight excluding hydrogens is 186 g/mol. The highest BCUT2D eigenvalue weighted by Gasteiger charge is 2.25. The summed E-state index contributed by atoms with van der Waals surface area (Å²) in [5.41, 5.74) is 0. The smallest absolute Gasteiger partial charge is 0.326 e. The average Bonchev–Trinajstić information content (AvgIpc) is 2.46. The fourth-order valence-electron chi connectivity index (χ4n) is 0.978. The zero-order valence-electron chi connectivity index (χ0n) is 7.86. The Hall–Kier alpha value is -1.65. The molecule has 0 aromatic carbocycles. The number of amides is 2. The van der Waals surface area contributed by atoms with Crippen LogP contribution in [0.5, 0.6) is 0 Å². The van der Waals surface area contributed by atoms with Crippen LogP contribution in [0.2, 0.25) is 0 Å². The largest absolute Gasteiger partial charge is 0.464 e. The molecule has 0 unspecified atom stereocenters. The van der Waals surface area contributed by atoms with Gasteiger partial charge < -0.3 is 4.74 Å². The van der Waals surface area contributed by atoms with Crippen LogP contribution < -0.4 is 0 Å². The quantitative estimate of drug-likeness (QED) is 0.465. The van der Waals surface area contributed by atoms with E-state index in [4.69, 9.17) is 4.74 Å². The molecular formula is C9H11NO4. The first kappa shape index (κ1) is 10.4. The first-order valence-electron chi connectivity index (χ1n) is 4.34. The molecule has 0 saturated carbocycles. The molecule has 2 amide bonds. The van der Waals surface area contributed by atoms with E-state index >= 15 is 0 Å². The fraction of sp³-hybridized carbons (Fsp3) is 0.444. The Morgan fingerprint density at radius 1 is 1.36 bits per heavy atom. The summed E-state index contributed by atoms with van der Waals surface area (Å²) in [4.78, 5) is 33.9. The summed E-state index contributed by atoms with van der Waals surface area (Å²) in [5.74, 6) is -1.50. The van der Waals surface area contributed by atoms with Crippen molar-refractivity contribution in [2.24, 2.45) is 0 Å². The van der Waals surface area contributed by atoms with Crippen LogP contribution in [-0.4, -0.2) is 35.8 Å². The van der Waals surface area contributed by atoms with E-state index in [1.165, 1.54) is 0 Å². The van der Waals surface area contributed by atoms with E-state index in [1.807, 2.05) is 6.92 Å². The molecule has 0 aromatic heterocycles. The molecule has 14 heavy (non-hydrogen) atoms. The summed E-state index contributed by atoms with van der Waals surface area (Å²) in [7, 11) is 0. The number of carbonyl (C=O) groups is 3. The number of carbonyl (C=O) groups excluding carboxylic acids is 3. The summed E-state index contributed by atoms with van der Waals surface area (Å²) < 4.78 is 4.74. The lowest BCUT2D eigenvalue weighted by Gasteiger charge is -2.12. The van der Waals surface area contributed by atoms with Crippen LogP contribution in [0.25, 0.3) is 0 Å². The highest BCUT2D eigenvalue weighted by atomic mass is 16.5. The third-order valence-electron chi connectivity index (χ3n) is 1.65. The highest BCUT2D eigenvalue weighted by Crippen LogP contribution is 2.03. The van der Waals surface area contributed by atoms with E-state index in [1.54, 1.807) is 0 Å². The van der Waals surface area contributed by atoms with Gasteiger partial charge in [-0.15, -0.1) is 0 Å². The third-order valence-corrected chi connectivity index (χ3v) is 1.65. The summed E-state index contributed by atoms with van der Waals surface area (Å²) >= 11 is 0. The van der Waals surface area contributed by atoms with Crippen LogP contribution in [0.15, 0.2) is 12.2 Å². The maximum Gasteiger partial charge on any atom is 0.326 e. The van der Waals surface area contributed by atoms with Gasteiger partial charge in [-0.05, 0) is 6.42 Å². The lowest BCUT2D eigenvalue weighted by Crippen LogP contribution is -2.35. The van der Waals surface area contributed by atoms with Crippen LogP contribution in [-0.2, 0) is 19.1 Å². The van der Waals surface area contributed by atoms with Crippen molar-refractivity contribution < 1.29 is 19.1 Å². The number of imide groups is 1. The van der Waals surface area contributed by atoms with Gasteiger partial charge in [0.2, 0.25) is 0 Å². The summed E-state index contributed by atoms with van der Waals surface area (Å²) in [6.07, 6.45) is 2.98. The van der Waals surface area contributed by atoms with E-state index in [-0.39, 0.29) is 6.54 Å². The number of nitrogens with zero attached hydrogens (tertiary/aromatic N) is 1. The Kier molecular flexibility index (Phi) is 3.39. The molecule has 0 radical (unpaired) electrons. The van der Waals surface area contributed by atoms with Crippen LogP contribution in [0.4, 0.5) is 0 Å². The molecule has 76 valence electrons. The Morgan fingerprint density at radius 3 is 2.43 bits per heavy atom. The molecule has 0 N–H and O–H groups in total. The topological polar surface area (TPSA) is 63.7 Å². The van der Waals surface area contributed by atoms with Gasteiger partial charge in [-0.25, -0.2) is 0 Å². The second-order valence-electron chi connectivity index (χ2n) is 2.82. The minimum atomic E-state index is -0.558. The Bertz CT molecular complexity index is 277. The number of ether oxygens (including phenoxy) is 1. The fourth-order valence-corrected chi connectivity index (χ4v) is 0.978. The van der Waals surface area contributed by atoms with Gasteiger partial charge in [-0.2, -0.15) is 0 Å². The molecule has 1 rings (SSSR count). The normalized spacial score (nSPS) is 15.1. The monoisotopic (exact) mass is 197 g/mol. The molecule has 0 aromatic rings. The standard InChI is InChI=1S/C9H11NO4/c1-2-5-14-9(13)6-10-7(11)3-4-8(10)12/h3-4H,2,5-6H2,1H3. The van der Waals surface area contributed by atoms with E-state index in [2.05, 4.69) is 0 Å². The van der Waals surface area contributed by atoms with Crippen LogP contribution in [0, 0.1) is 0 Å². The molecule has 1 heterocycles. The molecule has 1 aliphatic heterocycles. The minimum absolute atomic E-state index is 0.301. The third kappa shape index (κ3) is 2.42. The lowest BCUT2D eigenvalue weighted by atomic mass is 10.5. The van der Waals surface area contributed by atoms with Gasteiger partial charge in [0.15, 0.2) is 0 Å². The summed E-state index contributed by atoms with van der Waals surface area (Å²) in [5, 5.41) is 0. The van der Waals surface area contributed by atoms with E-state index < -0.39 is 17.8 Å². The van der Waals surface area contributed by atoms with Gasteiger partial charge in [0.05, 0.1) is 6.61 Å². The van der Waals surface area contributed by atoms with Crippen molar-refractivity contribution in [3.8, 4) is 0 Å². The van der Waals surface area contributed by atoms with Crippen molar-refractivity contribution in [1.29, 1.82) is 0 Å². The SMILES string of the molecule is CCCOC(=O)CN1C(=O)C=CC1=O. The van der Waals surface area contributed by atoms with Gasteiger partial charge in [0, 0.05) is 12.2 Å². The second kappa shape index (κ2) is 4.55. The molecule has 1 aliphatic rings. The number of hydrogen-bond acceptors (Lipinski definition) is 4. The first-order valence-corrected chi connectivity index (χ1v) is 4.34. The zero-order chi connectivity index (χ0) is 10.6. The summed E-state index contributed by atoms with van der Waals surface area (Å²) in [6, 6.07) is 0. The first-order chi connectivity index (χ1) is 6.65. The van der Waals surface area contributed by atoms with Crippen molar-refractivity contribution in [3.05, 3.63) is 12.2 Å². The molecule has 0 saturated heterocycles. The number of hydrogen-bond donors (Lipinski definition) is 0. The molecule has 0 atom stereocenters. The zero-order valence-corrected chi connectivity index (χ0v) is 7.86. The maximum absolute atomic E-state index is 11.1. The minimum Gasteiger partial charge on any atom is -0.464 e. The van der Waals surface area contributed by atoms with Crippen LogP contribution in [0.1, 0.15) is 13.3 Å². The Morgan fingerprint density at radius 2 is 1.93 bits per heavy atom. The molecule has 5 nitrogen and oxygen atoms in total. The van der Waals surface area contributed by atoms with Crippen molar-refractivity contribution >= 4 is 17.8 Å². The maximum atomic E-state index is 11.1. The molecule has 5 heteroatoms. The molecule has 0 spiro atoms. The van der Waals surface area contributed by atoms with Crippen molar-refractivity contribution in [2.75, 3.05) is 13.2 Å². The van der Waals surface area contributed by atoms with Gasteiger partial charge >= 0.3 is 5.97 Å². The highest BCUT2D eigenvalue weighted by molar-refractivity contribution is 6.14. The van der Waals surface area contributed by atoms with Gasteiger partial charge in [-0.3, -0.25) is 19.3 Å². The van der Waals surface area contributed by atoms with Crippen molar-refractivity contribution in [2.45, 2.75) is 13.3 Å². The Balaban J connectivity index is 2.41. The van der Waals surface area contributed by atoms with Crippen molar-refractivity contribution in [1.82, 2.24) is 4.90 Å². The lowest BCUT2D eigenvalue weighted by molar-refractivity contribution is -0.151. The Labute approximate surface area is 81.3 Å². The number of rotatable bonds is 4. The molecule has 0 aliphatic carbocycles. The van der Waals surface area contributed by atoms with Gasteiger partial charge in [0.25, 0.3) is 11.8 Å².